The number of aliphatic carboxylic acids is 1. The SMILES string of the molecule is CO/N=C(\C(=O)N[C@@H]1C(=O)N2C(C(=O)O)=C(C[n+]3ccc4n3CCN4Cc3ccc(C=NN4CCCCC4)cc3)CS[C@H]12)c1nc(N)sc1Cl. The maximum atomic E-state index is 13.4. The zero-order valence-electron chi connectivity index (χ0n) is 27.2. The Morgan fingerprint density at radius 1 is 1.18 bits per heavy atom. The number of nitrogens with two attached hydrogens (primary N) is 1. The molecule has 7 rings (SSSR count). The Labute approximate surface area is 301 Å². The van der Waals surface area contributed by atoms with Gasteiger partial charge in [0.05, 0.1) is 18.8 Å². The van der Waals surface area contributed by atoms with Crippen LogP contribution < -0.4 is 20.6 Å². The second kappa shape index (κ2) is 14.3. The second-order valence-corrected chi connectivity index (χ2v) is 15.0. The zero-order chi connectivity index (χ0) is 34.9. The van der Waals surface area contributed by atoms with Crippen LogP contribution >= 0.6 is 34.7 Å². The lowest BCUT2D eigenvalue weighted by molar-refractivity contribution is -0.766. The first-order valence-electron chi connectivity index (χ1n) is 16.2. The van der Waals surface area contributed by atoms with Crippen LogP contribution in [0, 0.1) is 0 Å². The van der Waals surface area contributed by atoms with Gasteiger partial charge in [0.2, 0.25) is 0 Å². The smallest absolute Gasteiger partial charge is 0.352 e. The summed E-state index contributed by atoms with van der Waals surface area (Å²) < 4.78 is 4.27. The maximum absolute atomic E-state index is 13.4. The molecule has 2 fully saturated rings. The number of nitrogen functional groups attached to an aromatic ring is 1. The average Bonchev–Trinajstić information content (AvgIpc) is 3.81. The maximum Gasteiger partial charge on any atom is 0.352 e. The van der Waals surface area contributed by atoms with Crippen molar-refractivity contribution in [1.29, 1.82) is 0 Å². The van der Waals surface area contributed by atoms with E-state index >= 15 is 0 Å². The van der Waals surface area contributed by atoms with Crippen LogP contribution in [0.5, 0.6) is 0 Å². The molecule has 3 aromatic rings. The number of nitrogens with one attached hydrogen (secondary N) is 1. The number of carbonyl (C=O) groups excluding carboxylic acids is 2. The van der Waals surface area contributed by atoms with E-state index in [9.17, 15) is 19.5 Å². The number of fused-ring (bicyclic) bond motifs is 2. The molecule has 4 N–H and O–H groups in total. The van der Waals surface area contributed by atoms with E-state index in [1.54, 1.807) is 0 Å². The van der Waals surface area contributed by atoms with Gasteiger partial charge in [0.25, 0.3) is 11.8 Å². The number of amides is 2. The fourth-order valence-corrected chi connectivity index (χ4v) is 8.88. The molecule has 2 atom stereocenters. The number of piperidine rings is 1. The number of anilines is 2. The van der Waals surface area contributed by atoms with E-state index in [4.69, 9.17) is 22.2 Å². The number of benzene rings is 1. The number of aromatic nitrogens is 3. The first-order chi connectivity index (χ1) is 24.2. The van der Waals surface area contributed by atoms with E-state index in [-0.39, 0.29) is 26.6 Å². The predicted molar refractivity (Wildman–Crippen MR) is 190 cm³/mol. The topological polar surface area (TPSA) is 175 Å². The molecule has 2 aromatic heterocycles. The molecular weight excluding hydrogens is 704 g/mol. The van der Waals surface area contributed by atoms with Crippen molar-refractivity contribution in [3.63, 3.8) is 0 Å². The number of carbonyl (C=O) groups is 3. The summed E-state index contributed by atoms with van der Waals surface area (Å²) in [6, 6.07) is 9.51. The van der Waals surface area contributed by atoms with Crippen LogP contribution in [-0.4, -0.2) is 98.3 Å². The minimum atomic E-state index is -1.20. The highest BCUT2D eigenvalue weighted by Crippen LogP contribution is 2.40. The van der Waals surface area contributed by atoms with Crippen molar-refractivity contribution in [2.45, 2.75) is 50.3 Å². The monoisotopic (exact) mass is 739 g/mol. The average molecular weight is 740 g/mol. The molecular formula is C32H36ClN10O5S2+. The van der Waals surface area contributed by atoms with E-state index in [1.165, 1.54) is 48.6 Å². The molecule has 262 valence electrons. The van der Waals surface area contributed by atoms with Crippen LogP contribution in [-0.2, 0) is 38.9 Å². The Balaban J connectivity index is 1.01. The fraction of sp³-hybridized carbons (Fsp3) is 0.406. The predicted octanol–water partition coefficient (Wildman–Crippen LogP) is 2.10. The van der Waals surface area contributed by atoms with Gasteiger partial charge in [-0.15, -0.1) is 21.1 Å². The van der Waals surface area contributed by atoms with Crippen molar-refractivity contribution >= 4 is 75.4 Å². The van der Waals surface area contributed by atoms with E-state index in [1.807, 2.05) is 23.2 Å². The van der Waals surface area contributed by atoms with Gasteiger partial charge in [-0.3, -0.25) is 19.5 Å². The number of hydrazone groups is 1. The number of thioether (sulfide) groups is 1. The third kappa shape index (κ3) is 6.64. The molecule has 0 radical (unpaired) electrons. The third-order valence-electron chi connectivity index (χ3n) is 9.05. The molecule has 1 aromatic carbocycles. The largest absolute Gasteiger partial charge is 0.477 e. The number of hydrogen-bond acceptors (Lipinski definition) is 12. The van der Waals surface area contributed by atoms with Crippen molar-refractivity contribution < 1.29 is 29.0 Å². The van der Waals surface area contributed by atoms with Crippen molar-refractivity contribution in [2.75, 3.05) is 43.1 Å². The van der Waals surface area contributed by atoms with Crippen molar-refractivity contribution in [2.24, 2.45) is 10.3 Å². The van der Waals surface area contributed by atoms with Crippen LogP contribution in [0.15, 0.2) is 58.1 Å². The highest BCUT2D eigenvalue weighted by molar-refractivity contribution is 8.00. The van der Waals surface area contributed by atoms with Crippen LogP contribution in [0.3, 0.4) is 0 Å². The summed E-state index contributed by atoms with van der Waals surface area (Å²) in [5, 5.41) is 22.9. The molecule has 4 aliphatic rings. The number of rotatable bonds is 11. The van der Waals surface area contributed by atoms with Gasteiger partial charge in [-0.25, -0.2) is 9.78 Å². The molecule has 2 saturated heterocycles. The highest BCUT2D eigenvalue weighted by Gasteiger charge is 2.55. The standard InChI is InChI=1S/C32H35ClN10O5S2/c1-48-38-24(23-27(33)50-32(34)37-23)28(44)36-25-29(45)43-26(31(46)47)21(18-49-30(25)43)17-41-12-9-22-39(13-14-42(22)41)16-20-7-5-19(6-8-20)15-35-40-10-3-2-4-11-40/h5-9,12,15,25,30H,2-4,10-11,13-14,16-18H2,1H3,(H3-,34,36,37,44,46,47)/p+1/b35-15?,38-24-/t25-,30-/m1/s1. The summed E-state index contributed by atoms with van der Waals surface area (Å²) in [6.45, 7) is 4.63. The second-order valence-electron chi connectivity index (χ2n) is 12.2. The zero-order valence-corrected chi connectivity index (χ0v) is 29.6. The number of carboxylic acid groups (broad SMARTS) is 1. The lowest BCUT2D eigenvalue weighted by atomic mass is 10.0. The molecule has 0 aliphatic carbocycles. The summed E-state index contributed by atoms with van der Waals surface area (Å²) in [6.07, 6.45) is 7.54. The molecule has 0 spiro atoms. The van der Waals surface area contributed by atoms with Gasteiger partial charge >= 0.3 is 5.97 Å². The van der Waals surface area contributed by atoms with E-state index in [0.29, 0.717) is 17.9 Å². The normalized spacial score (nSPS) is 20.6. The van der Waals surface area contributed by atoms with Crippen LogP contribution in [0.25, 0.3) is 0 Å². The molecule has 18 heteroatoms. The van der Waals surface area contributed by atoms with Crippen molar-refractivity contribution in [3.8, 4) is 0 Å². The Bertz CT molecular complexity index is 1900. The van der Waals surface area contributed by atoms with E-state index in [0.717, 1.165) is 55.4 Å². The van der Waals surface area contributed by atoms with Crippen LogP contribution in [0.4, 0.5) is 10.9 Å². The lowest BCUT2D eigenvalue weighted by Crippen LogP contribution is -2.71. The number of carboxylic acids is 1. The van der Waals surface area contributed by atoms with Gasteiger partial charge in [0.15, 0.2) is 29.4 Å². The summed E-state index contributed by atoms with van der Waals surface area (Å²) in [5.74, 6) is -1.08. The lowest BCUT2D eigenvalue weighted by Gasteiger charge is -2.49. The molecule has 6 heterocycles. The Kier molecular flexibility index (Phi) is 9.70. The van der Waals surface area contributed by atoms with Crippen LogP contribution in [0.1, 0.15) is 36.1 Å². The molecule has 0 bridgehead atoms. The minimum absolute atomic E-state index is 0.0311. The van der Waals surface area contributed by atoms with Crippen LogP contribution in [0.2, 0.25) is 4.34 Å². The molecule has 15 nitrogen and oxygen atoms in total. The van der Waals surface area contributed by atoms with E-state index < -0.39 is 29.2 Å². The first kappa shape index (κ1) is 33.9. The fourth-order valence-electron chi connectivity index (χ4n) is 6.62. The van der Waals surface area contributed by atoms with Gasteiger partial charge in [0.1, 0.15) is 34.3 Å². The Hall–Kier alpha value is -4.61. The van der Waals surface area contributed by atoms with Gasteiger partial charge < -0.3 is 25.9 Å². The number of halogens is 1. The van der Waals surface area contributed by atoms with Gasteiger partial charge in [0, 0.05) is 37.5 Å². The van der Waals surface area contributed by atoms with Crippen molar-refractivity contribution in [3.05, 3.63) is 69.0 Å². The third-order valence-corrected chi connectivity index (χ3v) is 11.5. The number of oxime groups is 1. The van der Waals surface area contributed by atoms with Gasteiger partial charge in [-0.1, -0.05) is 52.4 Å². The van der Waals surface area contributed by atoms with E-state index in [2.05, 4.69) is 59.4 Å². The van der Waals surface area contributed by atoms with Gasteiger partial charge in [-0.05, 0) is 30.4 Å². The molecule has 2 amide bonds. The summed E-state index contributed by atoms with van der Waals surface area (Å²) in [4.78, 5) is 51.5. The molecule has 0 saturated carbocycles. The number of nitrogens with zero attached hydrogens (tertiary/aromatic N) is 8. The summed E-state index contributed by atoms with van der Waals surface area (Å²) in [5.41, 5.74) is 8.32. The molecule has 4 aliphatic heterocycles. The quantitative estimate of drug-likeness (QED) is 0.114. The summed E-state index contributed by atoms with van der Waals surface area (Å²) in [7, 11) is 1.26. The first-order valence-corrected chi connectivity index (χ1v) is 18.4. The van der Waals surface area contributed by atoms with Gasteiger partial charge in [-0.2, -0.15) is 5.10 Å². The molecule has 50 heavy (non-hydrogen) atoms. The highest BCUT2D eigenvalue weighted by atomic mass is 35.5. The molecule has 0 unspecified atom stereocenters. The Morgan fingerprint density at radius 2 is 1.96 bits per heavy atom. The number of hydrogen-bond donors (Lipinski definition) is 3. The number of thiazole rings is 1. The Morgan fingerprint density at radius 3 is 2.66 bits per heavy atom. The van der Waals surface area contributed by atoms with Crippen molar-refractivity contribution in [1.82, 2.24) is 24.9 Å². The number of β-lactam (4-membered cyclic amide) rings is 1. The minimum Gasteiger partial charge on any atom is -0.477 e. The summed E-state index contributed by atoms with van der Waals surface area (Å²) >= 11 is 8.54.